The minimum atomic E-state index is -0.166. The zero-order chi connectivity index (χ0) is 19.9. The van der Waals surface area contributed by atoms with E-state index in [1.807, 2.05) is 86.6 Å². The fourth-order valence-electron chi connectivity index (χ4n) is 2.83. The maximum atomic E-state index is 12.3. The lowest BCUT2D eigenvalue weighted by atomic mass is 10.0. The van der Waals surface area contributed by atoms with E-state index in [9.17, 15) is 9.59 Å². The van der Waals surface area contributed by atoms with E-state index in [1.165, 1.54) is 0 Å². The molecule has 142 valence electrons. The van der Waals surface area contributed by atoms with Gasteiger partial charge in [0.2, 0.25) is 5.91 Å². The highest BCUT2D eigenvalue weighted by Gasteiger charge is 2.10. The molecule has 0 radical (unpaired) electrons. The van der Waals surface area contributed by atoms with E-state index < -0.39 is 0 Å². The van der Waals surface area contributed by atoms with Gasteiger partial charge in [0.05, 0.1) is 0 Å². The number of benzene rings is 3. The summed E-state index contributed by atoms with van der Waals surface area (Å²) in [6, 6.07) is 23.0. The highest BCUT2D eigenvalue weighted by atomic mass is 16.2. The Balaban J connectivity index is 1.50. The summed E-state index contributed by atoms with van der Waals surface area (Å²) in [5.74, 6) is -0.179. The average Bonchev–Trinajstić information content (AvgIpc) is 2.70. The fourth-order valence-corrected chi connectivity index (χ4v) is 2.83. The van der Waals surface area contributed by atoms with Gasteiger partial charge in [0.25, 0.3) is 0 Å². The molecule has 4 heteroatoms. The molecule has 1 amide bonds. The Labute approximate surface area is 165 Å². The lowest BCUT2D eigenvalue weighted by molar-refractivity contribution is -0.116. The van der Waals surface area contributed by atoms with Crippen LogP contribution in [-0.4, -0.2) is 11.7 Å². The first-order chi connectivity index (χ1) is 13.5. The molecule has 4 nitrogen and oxygen atoms in total. The molecule has 28 heavy (non-hydrogen) atoms. The van der Waals surface area contributed by atoms with Crippen molar-refractivity contribution in [3.8, 4) is 0 Å². The number of ketones is 1. The SMILES string of the molecule is Cc1ccc(C(=O)CCC(=O)Nc2ccc(Nc3ccccc3)cc2)cc1C. The molecule has 0 aliphatic rings. The third kappa shape index (κ3) is 5.30. The quantitative estimate of drug-likeness (QED) is 0.527. The van der Waals surface area contributed by atoms with Crippen LogP contribution in [0.3, 0.4) is 0 Å². The summed E-state index contributed by atoms with van der Waals surface area (Å²) >= 11 is 0. The lowest BCUT2D eigenvalue weighted by Gasteiger charge is -2.09. The summed E-state index contributed by atoms with van der Waals surface area (Å²) < 4.78 is 0. The maximum Gasteiger partial charge on any atom is 0.224 e. The largest absolute Gasteiger partial charge is 0.356 e. The first-order valence-corrected chi connectivity index (χ1v) is 9.34. The van der Waals surface area contributed by atoms with Gasteiger partial charge in [0, 0.05) is 35.5 Å². The maximum absolute atomic E-state index is 12.3. The highest BCUT2D eigenvalue weighted by Crippen LogP contribution is 2.19. The molecule has 0 bridgehead atoms. The molecule has 0 aromatic heterocycles. The van der Waals surface area contributed by atoms with E-state index in [4.69, 9.17) is 0 Å². The highest BCUT2D eigenvalue weighted by molar-refractivity contribution is 6.00. The normalized spacial score (nSPS) is 10.4. The van der Waals surface area contributed by atoms with Gasteiger partial charge in [-0.3, -0.25) is 9.59 Å². The lowest BCUT2D eigenvalue weighted by Crippen LogP contribution is -2.13. The third-order valence-electron chi connectivity index (χ3n) is 4.64. The molecular weight excluding hydrogens is 348 g/mol. The number of hydrogen-bond donors (Lipinski definition) is 2. The van der Waals surface area contributed by atoms with Crippen LogP contribution in [0.25, 0.3) is 0 Å². The Morgan fingerprint density at radius 3 is 2.04 bits per heavy atom. The number of carbonyl (C=O) groups excluding carboxylic acids is 2. The van der Waals surface area contributed by atoms with Gasteiger partial charge in [-0.25, -0.2) is 0 Å². The molecule has 0 spiro atoms. The summed E-state index contributed by atoms with van der Waals surface area (Å²) in [4.78, 5) is 24.5. The van der Waals surface area contributed by atoms with Crippen LogP contribution in [0, 0.1) is 13.8 Å². The summed E-state index contributed by atoms with van der Waals surface area (Å²) in [6.45, 7) is 3.99. The smallest absolute Gasteiger partial charge is 0.224 e. The Bertz CT molecular complexity index is 964. The van der Waals surface area contributed by atoms with Crippen LogP contribution in [0.2, 0.25) is 0 Å². The van der Waals surface area contributed by atoms with Gasteiger partial charge in [-0.1, -0.05) is 30.3 Å². The molecule has 3 aromatic carbocycles. The van der Waals surface area contributed by atoms with Crippen LogP contribution < -0.4 is 10.6 Å². The van der Waals surface area contributed by atoms with Crippen LogP contribution in [0.4, 0.5) is 17.1 Å². The molecule has 0 fully saturated rings. The Morgan fingerprint density at radius 2 is 1.36 bits per heavy atom. The molecule has 0 unspecified atom stereocenters. The van der Waals surface area contributed by atoms with Crippen molar-refractivity contribution in [2.45, 2.75) is 26.7 Å². The average molecular weight is 372 g/mol. The first-order valence-electron chi connectivity index (χ1n) is 9.34. The summed E-state index contributed by atoms with van der Waals surface area (Å²) in [7, 11) is 0. The third-order valence-corrected chi connectivity index (χ3v) is 4.64. The molecule has 0 saturated carbocycles. The van der Waals surface area contributed by atoms with E-state index in [1.54, 1.807) is 0 Å². The van der Waals surface area contributed by atoms with E-state index in [2.05, 4.69) is 10.6 Å². The number of rotatable bonds is 7. The summed E-state index contributed by atoms with van der Waals surface area (Å²) in [5, 5.41) is 6.14. The van der Waals surface area contributed by atoms with Gasteiger partial charge >= 0.3 is 0 Å². The molecule has 3 aromatic rings. The van der Waals surface area contributed by atoms with Gasteiger partial charge in [-0.05, 0) is 67.4 Å². The number of anilines is 3. The molecule has 0 heterocycles. The van der Waals surface area contributed by atoms with Crippen LogP contribution >= 0.6 is 0 Å². The van der Waals surface area contributed by atoms with Crippen molar-refractivity contribution >= 4 is 28.8 Å². The van der Waals surface area contributed by atoms with Crippen molar-refractivity contribution in [2.75, 3.05) is 10.6 Å². The fraction of sp³-hybridized carbons (Fsp3) is 0.167. The van der Waals surface area contributed by atoms with Crippen molar-refractivity contribution in [1.29, 1.82) is 0 Å². The van der Waals surface area contributed by atoms with Crippen molar-refractivity contribution in [2.24, 2.45) is 0 Å². The second-order valence-electron chi connectivity index (χ2n) is 6.84. The second kappa shape index (κ2) is 9.00. The van der Waals surface area contributed by atoms with Gasteiger partial charge < -0.3 is 10.6 Å². The molecule has 0 aliphatic heterocycles. The predicted octanol–water partition coefficient (Wildman–Crippen LogP) is 5.65. The number of Topliss-reactive ketones (excluding diaryl/α,β-unsaturated/α-hetero) is 1. The van der Waals surface area contributed by atoms with Gasteiger partial charge in [-0.2, -0.15) is 0 Å². The Hall–Kier alpha value is -3.40. The number of amides is 1. The van der Waals surface area contributed by atoms with Gasteiger partial charge in [0.15, 0.2) is 5.78 Å². The van der Waals surface area contributed by atoms with E-state index in [0.717, 1.165) is 22.5 Å². The minimum absolute atomic E-state index is 0.0133. The number of nitrogens with one attached hydrogen (secondary N) is 2. The van der Waals surface area contributed by atoms with Crippen molar-refractivity contribution in [3.63, 3.8) is 0 Å². The Kier molecular flexibility index (Phi) is 6.22. The molecule has 2 N–H and O–H groups in total. The van der Waals surface area contributed by atoms with E-state index >= 15 is 0 Å². The van der Waals surface area contributed by atoms with Crippen LogP contribution in [0.15, 0.2) is 72.8 Å². The zero-order valence-corrected chi connectivity index (χ0v) is 16.2. The first kappa shape index (κ1) is 19.4. The van der Waals surface area contributed by atoms with Crippen LogP contribution in [-0.2, 0) is 4.79 Å². The molecule has 0 aliphatic carbocycles. The van der Waals surface area contributed by atoms with E-state index in [-0.39, 0.29) is 24.5 Å². The minimum Gasteiger partial charge on any atom is -0.356 e. The second-order valence-corrected chi connectivity index (χ2v) is 6.84. The summed E-state index contributed by atoms with van der Waals surface area (Å²) in [6.07, 6.45) is 0.359. The predicted molar refractivity (Wildman–Crippen MR) is 114 cm³/mol. The monoisotopic (exact) mass is 372 g/mol. The number of aryl methyl sites for hydroxylation is 2. The van der Waals surface area contributed by atoms with Crippen molar-refractivity contribution in [3.05, 3.63) is 89.5 Å². The zero-order valence-electron chi connectivity index (χ0n) is 16.2. The van der Waals surface area contributed by atoms with Crippen LogP contribution in [0.1, 0.15) is 34.3 Å². The van der Waals surface area contributed by atoms with Crippen LogP contribution in [0.5, 0.6) is 0 Å². The Morgan fingerprint density at radius 1 is 0.714 bits per heavy atom. The van der Waals surface area contributed by atoms with Crippen molar-refractivity contribution < 1.29 is 9.59 Å². The van der Waals surface area contributed by atoms with Gasteiger partial charge in [0.1, 0.15) is 0 Å². The topological polar surface area (TPSA) is 58.2 Å². The molecule has 0 atom stereocenters. The van der Waals surface area contributed by atoms with Crippen molar-refractivity contribution in [1.82, 2.24) is 0 Å². The molecule has 3 rings (SSSR count). The molecular formula is C24H24N2O2. The van der Waals surface area contributed by atoms with Gasteiger partial charge in [-0.15, -0.1) is 0 Å². The van der Waals surface area contributed by atoms with E-state index in [0.29, 0.717) is 11.3 Å². The standard InChI is InChI=1S/C24H24N2O2/c1-17-8-9-19(16-18(17)2)23(27)14-15-24(28)26-22-12-10-21(11-13-22)25-20-6-4-3-5-7-20/h3-13,16,25H,14-15H2,1-2H3,(H,26,28). The summed E-state index contributed by atoms with van der Waals surface area (Å²) in [5.41, 5.74) is 5.55. The molecule has 0 saturated heterocycles. The number of carbonyl (C=O) groups is 2. The number of hydrogen-bond acceptors (Lipinski definition) is 3. The number of para-hydroxylation sites is 1.